The van der Waals surface area contributed by atoms with E-state index in [0.29, 0.717) is 0 Å². The zero-order chi connectivity index (χ0) is 11.1. The lowest BCUT2D eigenvalue weighted by Crippen LogP contribution is -2.08. The molecule has 80 valence electrons. The van der Waals surface area contributed by atoms with E-state index >= 15 is 0 Å². The Hall–Kier alpha value is -1.57. The van der Waals surface area contributed by atoms with Crippen molar-refractivity contribution in [3.05, 3.63) is 47.8 Å². The third kappa shape index (κ3) is 2.94. The molecular weight excluding hydrogens is 184 g/mol. The predicted octanol–water partition coefficient (Wildman–Crippen LogP) is 2.78. The highest BCUT2D eigenvalue weighted by molar-refractivity contribution is 5.64. The molecule has 0 amide bonds. The zero-order valence-electron chi connectivity index (χ0n) is 9.62. The van der Waals surface area contributed by atoms with Gasteiger partial charge in [0.2, 0.25) is 0 Å². The SMILES string of the molecule is CC=C/C=C(/NC)c1ncccc1CC. The highest BCUT2D eigenvalue weighted by atomic mass is 14.9. The Morgan fingerprint density at radius 2 is 2.33 bits per heavy atom. The van der Waals surface area contributed by atoms with E-state index in [1.807, 2.05) is 44.5 Å². The summed E-state index contributed by atoms with van der Waals surface area (Å²) < 4.78 is 0. The third-order valence-electron chi connectivity index (χ3n) is 2.25. The van der Waals surface area contributed by atoms with Gasteiger partial charge < -0.3 is 5.32 Å². The molecule has 2 nitrogen and oxygen atoms in total. The lowest BCUT2D eigenvalue weighted by molar-refractivity contribution is 1.03. The number of nitrogens with zero attached hydrogens (tertiary/aromatic N) is 1. The van der Waals surface area contributed by atoms with Gasteiger partial charge in [-0.05, 0) is 31.1 Å². The summed E-state index contributed by atoms with van der Waals surface area (Å²) in [7, 11) is 1.92. The lowest BCUT2D eigenvalue weighted by Gasteiger charge is -2.09. The molecule has 0 radical (unpaired) electrons. The van der Waals surface area contributed by atoms with Crippen molar-refractivity contribution in [3.8, 4) is 0 Å². The van der Waals surface area contributed by atoms with E-state index in [0.717, 1.165) is 17.8 Å². The van der Waals surface area contributed by atoms with Crippen molar-refractivity contribution in [2.24, 2.45) is 0 Å². The summed E-state index contributed by atoms with van der Waals surface area (Å²) in [5.74, 6) is 0. The minimum Gasteiger partial charge on any atom is -0.386 e. The summed E-state index contributed by atoms with van der Waals surface area (Å²) in [6.07, 6.45) is 8.89. The largest absolute Gasteiger partial charge is 0.386 e. The number of nitrogens with one attached hydrogen (secondary N) is 1. The van der Waals surface area contributed by atoms with Gasteiger partial charge in [-0.1, -0.05) is 25.1 Å². The minimum atomic E-state index is 0.998. The van der Waals surface area contributed by atoms with Crippen molar-refractivity contribution in [2.45, 2.75) is 20.3 Å². The molecule has 1 heterocycles. The maximum absolute atomic E-state index is 4.41. The van der Waals surface area contributed by atoms with Crippen LogP contribution >= 0.6 is 0 Å². The number of aryl methyl sites for hydroxylation is 1. The smallest absolute Gasteiger partial charge is 0.0892 e. The molecule has 0 aliphatic heterocycles. The van der Waals surface area contributed by atoms with Crippen LogP contribution in [0.15, 0.2) is 36.6 Å². The van der Waals surface area contributed by atoms with E-state index in [4.69, 9.17) is 0 Å². The fourth-order valence-corrected chi connectivity index (χ4v) is 1.44. The van der Waals surface area contributed by atoms with Gasteiger partial charge in [0.25, 0.3) is 0 Å². The van der Waals surface area contributed by atoms with E-state index < -0.39 is 0 Å². The van der Waals surface area contributed by atoms with E-state index in [1.165, 1.54) is 5.56 Å². The van der Waals surface area contributed by atoms with Gasteiger partial charge in [0.05, 0.1) is 11.4 Å². The third-order valence-corrected chi connectivity index (χ3v) is 2.25. The number of pyridine rings is 1. The van der Waals surface area contributed by atoms with Crippen molar-refractivity contribution in [3.63, 3.8) is 0 Å². The number of hydrogen-bond acceptors (Lipinski definition) is 2. The molecule has 0 bridgehead atoms. The first-order chi connectivity index (χ1) is 7.33. The highest BCUT2D eigenvalue weighted by Crippen LogP contribution is 2.14. The number of allylic oxidation sites excluding steroid dienone is 3. The van der Waals surface area contributed by atoms with Crippen molar-refractivity contribution in [2.75, 3.05) is 7.05 Å². The van der Waals surface area contributed by atoms with Gasteiger partial charge >= 0.3 is 0 Å². The summed E-state index contributed by atoms with van der Waals surface area (Å²) in [5, 5.41) is 3.18. The standard InChI is InChI=1S/C13H18N2/c1-4-6-9-12(14-3)13-11(5-2)8-7-10-15-13/h4,6-10,14H,5H2,1-3H3/b6-4?,12-9+. The van der Waals surface area contributed by atoms with Crippen LogP contribution in [0.25, 0.3) is 5.70 Å². The molecule has 0 unspecified atom stereocenters. The molecule has 1 rings (SSSR count). The first-order valence-electron chi connectivity index (χ1n) is 5.28. The molecule has 0 aromatic carbocycles. The van der Waals surface area contributed by atoms with Crippen molar-refractivity contribution in [1.82, 2.24) is 10.3 Å². The fraction of sp³-hybridized carbons (Fsp3) is 0.308. The minimum absolute atomic E-state index is 0.998. The molecule has 1 N–H and O–H groups in total. The number of hydrogen-bond donors (Lipinski definition) is 1. The number of aromatic nitrogens is 1. The highest BCUT2D eigenvalue weighted by Gasteiger charge is 2.04. The summed E-state index contributed by atoms with van der Waals surface area (Å²) in [5.41, 5.74) is 3.37. The Balaban J connectivity index is 3.11. The van der Waals surface area contributed by atoms with Crippen molar-refractivity contribution >= 4 is 5.70 Å². The molecule has 1 aromatic rings. The van der Waals surface area contributed by atoms with Crippen LogP contribution in [-0.2, 0) is 6.42 Å². The van der Waals surface area contributed by atoms with Gasteiger partial charge in [0.1, 0.15) is 0 Å². The molecule has 15 heavy (non-hydrogen) atoms. The predicted molar refractivity (Wildman–Crippen MR) is 65.5 cm³/mol. The van der Waals surface area contributed by atoms with Crippen LogP contribution in [0, 0.1) is 0 Å². The first-order valence-corrected chi connectivity index (χ1v) is 5.28. The maximum Gasteiger partial charge on any atom is 0.0892 e. The second-order valence-corrected chi connectivity index (χ2v) is 3.22. The summed E-state index contributed by atoms with van der Waals surface area (Å²) >= 11 is 0. The summed E-state index contributed by atoms with van der Waals surface area (Å²) in [6, 6.07) is 4.09. The molecule has 2 heteroatoms. The topological polar surface area (TPSA) is 24.9 Å². The average Bonchev–Trinajstić information content (AvgIpc) is 2.30. The van der Waals surface area contributed by atoms with Crippen LogP contribution in [0.4, 0.5) is 0 Å². The van der Waals surface area contributed by atoms with Crippen LogP contribution in [0.5, 0.6) is 0 Å². The molecule has 0 saturated carbocycles. The number of rotatable bonds is 4. The monoisotopic (exact) mass is 202 g/mol. The maximum atomic E-state index is 4.41. The Morgan fingerprint density at radius 1 is 1.53 bits per heavy atom. The normalized spacial score (nSPS) is 12.1. The molecule has 0 spiro atoms. The molecule has 0 aliphatic rings. The Bertz CT molecular complexity index is 365. The van der Waals surface area contributed by atoms with Crippen LogP contribution in [-0.4, -0.2) is 12.0 Å². The second kappa shape index (κ2) is 6.02. The van der Waals surface area contributed by atoms with Gasteiger partial charge in [0, 0.05) is 13.2 Å². The van der Waals surface area contributed by atoms with Crippen LogP contribution in [0.1, 0.15) is 25.1 Å². The molecule has 0 atom stereocenters. The lowest BCUT2D eigenvalue weighted by atomic mass is 10.1. The Labute approximate surface area is 91.7 Å². The van der Waals surface area contributed by atoms with Crippen LogP contribution < -0.4 is 5.32 Å². The second-order valence-electron chi connectivity index (χ2n) is 3.22. The average molecular weight is 202 g/mol. The Morgan fingerprint density at radius 3 is 2.93 bits per heavy atom. The molecule has 0 fully saturated rings. The zero-order valence-corrected chi connectivity index (χ0v) is 9.62. The van der Waals surface area contributed by atoms with Gasteiger partial charge in [0.15, 0.2) is 0 Å². The molecule has 0 saturated heterocycles. The summed E-state index contributed by atoms with van der Waals surface area (Å²) in [6.45, 7) is 4.15. The van der Waals surface area contributed by atoms with E-state index in [9.17, 15) is 0 Å². The Kier molecular flexibility index (Phi) is 4.61. The van der Waals surface area contributed by atoms with Crippen molar-refractivity contribution < 1.29 is 0 Å². The molecular formula is C13H18N2. The van der Waals surface area contributed by atoms with Crippen molar-refractivity contribution in [1.29, 1.82) is 0 Å². The van der Waals surface area contributed by atoms with Crippen LogP contribution in [0.3, 0.4) is 0 Å². The van der Waals surface area contributed by atoms with E-state index in [2.05, 4.69) is 23.3 Å². The fourth-order valence-electron chi connectivity index (χ4n) is 1.44. The van der Waals surface area contributed by atoms with E-state index in [-0.39, 0.29) is 0 Å². The van der Waals surface area contributed by atoms with Crippen LogP contribution in [0.2, 0.25) is 0 Å². The molecule has 0 aliphatic carbocycles. The quantitative estimate of drug-likeness (QED) is 0.759. The van der Waals surface area contributed by atoms with Gasteiger partial charge in [-0.25, -0.2) is 0 Å². The van der Waals surface area contributed by atoms with Gasteiger partial charge in [-0.3, -0.25) is 4.98 Å². The summed E-state index contributed by atoms with van der Waals surface area (Å²) in [4.78, 5) is 4.41. The first kappa shape index (κ1) is 11.5. The van der Waals surface area contributed by atoms with Gasteiger partial charge in [-0.15, -0.1) is 0 Å². The van der Waals surface area contributed by atoms with E-state index in [1.54, 1.807) is 0 Å². The van der Waals surface area contributed by atoms with Gasteiger partial charge in [-0.2, -0.15) is 0 Å². The molecule has 1 aromatic heterocycles.